The van der Waals surface area contributed by atoms with Gasteiger partial charge in [-0.2, -0.15) is 9.37 Å². The number of fused-ring (bicyclic) bond motifs is 3. The molecule has 0 N–H and O–H groups in total. The molecule has 2 aromatic carbocycles. The van der Waals surface area contributed by atoms with Crippen molar-refractivity contribution in [3.63, 3.8) is 0 Å². The number of ether oxygens (including phenoxy) is 1. The van der Waals surface area contributed by atoms with Crippen molar-refractivity contribution in [2.75, 3.05) is 0 Å². The van der Waals surface area contributed by atoms with Crippen molar-refractivity contribution in [3.05, 3.63) is 89.4 Å². The van der Waals surface area contributed by atoms with Gasteiger partial charge in [0.2, 0.25) is 0 Å². The third-order valence-corrected chi connectivity index (χ3v) is 5.22. The number of carbonyl (C=O) groups is 2. The van der Waals surface area contributed by atoms with E-state index in [1.54, 1.807) is 16.7 Å². The first-order valence-corrected chi connectivity index (χ1v) is 9.45. The second-order valence-corrected chi connectivity index (χ2v) is 7.24. The second kappa shape index (κ2) is 6.74. The fourth-order valence-corrected chi connectivity index (χ4v) is 3.89. The van der Waals surface area contributed by atoms with E-state index in [1.807, 2.05) is 55.5 Å². The van der Waals surface area contributed by atoms with E-state index in [2.05, 4.69) is 0 Å². The molecule has 1 aromatic heterocycles. The van der Waals surface area contributed by atoms with Gasteiger partial charge in [-0.05, 0) is 36.8 Å². The molecule has 0 aliphatic carbocycles. The van der Waals surface area contributed by atoms with Crippen LogP contribution in [0.15, 0.2) is 71.3 Å². The smallest absolute Gasteiger partial charge is 0.469 e. The lowest BCUT2D eigenvalue weighted by Crippen LogP contribution is -2.57. The number of nitrogens with zero attached hydrogens (tertiary/aromatic N) is 2. The largest absolute Gasteiger partial charge is 0.501 e. The summed E-state index contributed by atoms with van der Waals surface area (Å²) in [7, 11) is 0. The molecule has 0 bridgehead atoms. The van der Waals surface area contributed by atoms with E-state index in [0.29, 0.717) is 23.8 Å². The zero-order valence-electron chi connectivity index (χ0n) is 15.9. The Morgan fingerprint density at radius 3 is 2.69 bits per heavy atom. The minimum Gasteiger partial charge on any atom is -0.469 e. The zero-order chi connectivity index (χ0) is 20.0. The van der Waals surface area contributed by atoms with E-state index in [0.717, 1.165) is 16.7 Å². The Bertz CT molecular complexity index is 1150. The SMILES string of the molecule is Cc1cccc(C[N+]2=C3c4ccccc4OC3C(=O)N(Cc3ccco3)C2=O)c1. The average molecular weight is 387 g/mol. The molecule has 6 nitrogen and oxygen atoms in total. The Morgan fingerprint density at radius 1 is 1.03 bits per heavy atom. The molecule has 144 valence electrons. The summed E-state index contributed by atoms with van der Waals surface area (Å²) in [5.74, 6) is 0.780. The molecule has 0 saturated carbocycles. The lowest BCUT2D eigenvalue weighted by molar-refractivity contribution is -0.457. The standard InChI is InChI=1S/C23H19N2O4/c1-15-6-4-7-16(12-15)13-24-20-18-9-2-3-10-19(18)29-21(20)22(26)25(23(24)27)14-17-8-5-11-28-17/h2-12,21H,13-14H2,1H3/q+1. The van der Waals surface area contributed by atoms with Gasteiger partial charge in [-0.3, -0.25) is 0 Å². The van der Waals surface area contributed by atoms with E-state index < -0.39 is 6.10 Å². The van der Waals surface area contributed by atoms with Crippen molar-refractivity contribution in [2.24, 2.45) is 0 Å². The minimum absolute atomic E-state index is 0.0679. The van der Waals surface area contributed by atoms with Crippen molar-refractivity contribution in [2.45, 2.75) is 26.1 Å². The van der Waals surface area contributed by atoms with Gasteiger partial charge in [0.1, 0.15) is 18.1 Å². The fraction of sp³-hybridized carbons (Fsp3) is 0.174. The molecule has 3 amide bonds. The van der Waals surface area contributed by atoms with Crippen LogP contribution in [0.4, 0.5) is 4.79 Å². The van der Waals surface area contributed by atoms with Crippen LogP contribution in [-0.2, 0) is 17.9 Å². The van der Waals surface area contributed by atoms with Crippen LogP contribution in [0.25, 0.3) is 0 Å². The Hall–Kier alpha value is -3.67. The average Bonchev–Trinajstić information content (AvgIpc) is 3.36. The molecule has 2 aliphatic heterocycles. The lowest BCUT2D eigenvalue weighted by atomic mass is 10.0. The zero-order valence-corrected chi connectivity index (χ0v) is 15.9. The number of hydrogen-bond acceptors (Lipinski definition) is 4. The molecule has 3 aromatic rings. The molecule has 0 spiro atoms. The molecule has 3 heterocycles. The first-order valence-electron chi connectivity index (χ1n) is 9.45. The van der Waals surface area contributed by atoms with Crippen LogP contribution < -0.4 is 4.74 Å². The van der Waals surface area contributed by atoms with E-state index in [9.17, 15) is 9.59 Å². The van der Waals surface area contributed by atoms with Crippen molar-refractivity contribution in [1.29, 1.82) is 0 Å². The Labute approximate surface area is 167 Å². The highest BCUT2D eigenvalue weighted by molar-refractivity contribution is 6.21. The van der Waals surface area contributed by atoms with Crippen molar-refractivity contribution >= 4 is 17.6 Å². The Morgan fingerprint density at radius 2 is 1.90 bits per heavy atom. The summed E-state index contributed by atoms with van der Waals surface area (Å²) in [4.78, 5) is 27.8. The summed E-state index contributed by atoms with van der Waals surface area (Å²) in [6, 6.07) is 18.5. The van der Waals surface area contributed by atoms with Gasteiger partial charge in [0, 0.05) is 0 Å². The van der Waals surface area contributed by atoms with Gasteiger partial charge in [-0.25, -0.2) is 4.79 Å². The minimum atomic E-state index is -0.843. The highest BCUT2D eigenvalue weighted by Crippen LogP contribution is 2.33. The third-order valence-electron chi connectivity index (χ3n) is 5.22. The summed E-state index contributed by atoms with van der Waals surface area (Å²) in [5.41, 5.74) is 3.48. The molecular formula is C23H19N2O4+. The number of aryl methyl sites for hydroxylation is 1. The first kappa shape index (κ1) is 17.4. The van der Waals surface area contributed by atoms with Gasteiger partial charge in [0.05, 0.1) is 11.8 Å². The molecule has 0 saturated heterocycles. The Balaban J connectivity index is 1.62. The molecule has 29 heavy (non-hydrogen) atoms. The number of rotatable bonds is 4. The van der Waals surface area contributed by atoms with Crippen LogP contribution in [0.1, 0.15) is 22.5 Å². The van der Waals surface area contributed by atoms with Crippen LogP contribution in [0, 0.1) is 6.92 Å². The van der Waals surface area contributed by atoms with E-state index >= 15 is 0 Å². The second-order valence-electron chi connectivity index (χ2n) is 7.24. The Kier molecular flexibility index (Phi) is 4.05. The maximum absolute atomic E-state index is 13.4. The normalized spacial score (nSPS) is 18.0. The van der Waals surface area contributed by atoms with Crippen molar-refractivity contribution in [3.8, 4) is 5.75 Å². The number of furan rings is 1. The maximum Gasteiger partial charge on any atom is 0.501 e. The molecule has 5 rings (SSSR count). The molecule has 2 aliphatic rings. The summed E-state index contributed by atoms with van der Waals surface area (Å²) in [5, 5.41) is 0. The molecule has 1 atom stereocenters. The van der Waals surface area contributed by atoms with Gasteiger partial charge in [-0.1, -0.05) is 42.0 Å². The molecule has 1 unspecified atom stereocenters. The van der Waals surface area contributed by atoms with E-state index in [4.69, 9.17) is 9.15 Å². The van der Waals surface area contributed by atoms with Crippen LogP contribution in [0.2, 0.25) is 0 Å². The van der Waals surface area contributed by atoms with Crippen LogP contribution in [-0.4, -0.2) is 33.2 Å². The maximum atomic E-state index is 13.4. The van der Waals surface area contributed by atoms with Gasteiger partial charge in [0.15, 0.2) is 12.3 Å². The summed E-state index contributed by atoms with van der Waals surface area (Å²) >= 11 is 0. The van der Waals surface area contributed by atoms with Gasteiger partial charge >= 0.3 is 11.9 Å². The van der Waals surface area contributed by atoms with Gasteiger partial charge in [0.25, 0.3) is 6.10 Å². The summed E-state index contributed by atoms with van der Waals surface area (Å²) in [6.45, 7) is 2.43. The highest BCUT2D eigenvalue weighted by atomic mass is 16.5. The van der Waals surface area contributed by atoms with Crippen LogP contribution >= 0.6 is 0 Å². The number of amides is 3. The van der Waals surface area contributed by atoms with Crippen LogP contribution in [0.5, 0.6) is 5.75 Å². The van der Waals surface area contributed by atoms with Crippen molar-refractivity contribution < 1.29 is 23.3 Å². The van der Waals surface area contributed by atoms with Gasteiger partial charge < -0.3 is 9.15 Å². The highest BCUT2D eigenvalue weighted by Gasteiger charge is 2.53. The number of carbonyl (C=O) groups excluding carboxylic acids is 2. The summed E-state index contributed by atoms with van der Waals surface area (Å²) in [6.07, 6.45) is 0.683. The topological polar surface area (TPSA) is 62.8 Å². The monoisotopic (exact) mass is 387 g/mol. The van der Waals surface area contributed by atoms with E-state index in [1.165, 1.54) is 11.2 Å². The number of imide groups is 1. The quantitative estimate of drug-likeness (QED) is 0.643. The molecule has 0 radical (unpaired) electrons. The number of benzene rings is 2. The molecular weight excluding hydrogens is 368 g/mol. The predicted octanol–water partition coefficient (Wildman–Crippen LogP) is 3.51. The predicted molar refractivity (Wildman–Crippen MR) is 105 cm³/mol. The summed E-state index contributed by atoms with van der Waals surface area (Å²) < 4.78 is 13.0. The van der Waals surface area contributed by atoms with Crippen LogP contribution in [0.3, 0.4) is 0 Å². The molecule has 6 heteroatoms. The first-order chi connectivity index (χ1) is 14.1. The molecule has 0 fully saturated rings. The van der Waals surface area contributed by atoms with Gasteiger partial charge in [-0.15, -0.1) is 4.90 Å². The number of para-hydroxylation sites is 1. The number of urea groups is 1. The van der Waals surface area contributed by atoms with E-state index in [-0.39, 0.29) is 18.5 Å². The lowest BCUT2D eigenvalue weighted by Gasteiger charge is -2.24. The third kappa shape index (κ3) is 2.93. The number of hydrogen-bond donors (Lipinski definition) is 0. The van der Waals surface area contributed by atoms with Crippen molar-refractivity contribution in [1.82, 2.24) is 4.90 Å². The fourth-order valence-electron chi connectivity index (χ4n) is 3.89.